The molecular weight excluding hydrogens is 320 g/mol. The Morgan fingerprint density at radius 1 is 0.654 bits per heavy atom. The second kappa shape index (κ2) is 12.7. The first kappa shape index (κ1) is 21.6. The summed E-state index contributed by atoms with van der Waals surface area (Å²) in [5, 5.41) is 0. The molecule has 150 valence electrons. The summed E-state index contributed by atoms with van der Waals surface area (Å²) >= 11 is 0. The van der Waals surface area contributed by atoms with E-state index < -0.39 is 0 Å². The van der Waals surface area contributed by atoms with Gasteiger partial charge in [0.25, 0.3) is 0 Å². The van der Waals surface area contributed by atoms with Crippen molar-refractivity contribution in [1.82, 2.24) is 0 Å². The molecule has 0 aliphatic heterocycles. The Kier molecular flexibility index (Phi) is 10.6. The van der Waals surface area contributed by atoms with E-state index >= 15 is 0 Å². The van der Waals surface area contributed by atoms with Gasteiger partial charge >= 0.3 is 0 Å². The largest absolute Gasteiger partial charge is 0.300 e. The number of hydrogen-bond acceptors (Lipinski definition) is 2. The summed E-state index contributed by atoms with van der Waals surface area (Å²) in [4.78, 5) is 24.3. The first-order valence-corrected chi connectivity index (χ1v) is 11.7. The summed E-state index contributed by atoms with van der Waals surface area (Å²) in [7, 11) is 0. The molecule has 0 aromatic rings. The van der Waals surface area contributed by atoms with E-state index in [0.29, 0.717) is 24.4 Å². The van der Waals surface area contributed by atoms with Crippen molar-refractivity contribution in [2.75, 3.05) is 0 Å². The van der Waals surface area contributed by atoms with Crippen LogP contribution in [0.1, 0.15) is 122 Å². The maximum Gasteiger partial charge on any atom is 0.132 e. The predicted octanol–water partition coefficient (Wildman–Crippen LogP) is 7.04. The molecule has 0 bridgehead atoms. The molecule has 2 aliphatic carbocycles. The van der Waals surface area contributed by atoms with Crippen molar-refractivity contribution in [2.45, 2.75) is 122 Å². The van der Waals surface area contributed by atoms with Gasteiger partial charge in [0.05, 0.1) is 0 Å². The summed E-state index contributed by atoms with van der Waals surface area (Å²) in [5.74, 6) is 3.22. The minimum Gasteiger partial charge on any atom is -0.300 e. The highest BCUT2D eigenvalue weighted by Crippen LogP contribution is 2.36. The van der Waals surface area contributed by atoms with Gasteiger partial charge in [-0.15, -0.1) is 0 Å². The summed E-state index contributed by atoms with van der Waals surface area (Å²) in [6.07, 6.45) is 20.5. The van der Waals surface area contributed by atoms with E-state index in [1.54, 1.807) is 0 Å². The highest BCUT2D eigenvalue weighted by Gasteiger charge is 2.24. The maximum absolute atomic E-state index is 12.2. The zero-order valence-electron chi connectivity index (χ0n) is 17.3. The van der Waals surface area contributed by atoms with Crippen molar-refractivity contribution >= 4 is 11.6 Å². The molecule has 0 spiro atoms. The van der Waals surface area contributed by atoms with Crippen molar-refractivity contribution in [3.8, 4) is 0 Å². The molecule has 0 aromatic carbocycles. The van der Waals surface area contributed by atoms with Crippen LogP contribution in [0.3, 0.4) is 0 Å². The van der Waals surface area contributed by atoms with Gasteiger partial charge in [-0.3, -0.25) is 9.59 Å². The van der Waals surface area contributed by atoms with Crippen molar-refractivity contribution < 1.29 is 9.59 Å². The Labute approximate surface area is 161 Å². The lowest BCUT2D eigenvalue weighted by Crippen LogP contribution is -2.20. The van der Waals surface area contributed by atoms with E-state index in [2.05, 4.69) is 6.92 Å². The van der Waals surface area contributed by atoms with Crippen LogP contribution in [0.5, 0.6) is 0 Å². The van der Waals surface area contributed by atoms with Crippen LogP contribution in [0, 0.1) is 17.8 Å². The quantitative estimate of drug-likeness (QED) is 0.373. The van der Waals surface area contributed by atoms with E-state index in [-0.39, 0.29) is 0 Å². The summed E-state index contributed by atoms with van der Waals surface area (Å²) in [6.45, 7) is 2.28. The highest BCUT2D eigenvalue weighted by atomic mass is 16.1. The van der Waals surface area contributed by atoms with Crippen LogP contribution in [-0.2, 0) is 9.59 Å². The summed E-state index contributed by atoms with van der Waals surface area (Å²) < 4.78 is 0. The lowest BCUT2D eigenvalue weighted by atomic mass is 9.74. The van der Waals surface area contributed by atoms with Crippen LogP contribution >= 0.6 is 0 Å². The van der Waals surface area contributed by atoms with E-state index in [0.717, 1.165) is 49.9 Å². The number of carbonyl (C=O) groups excluding carboxylic acids is 2. The zero-order chi connectivity index (χ0) is 18.6. The lowest BCUT2D eigenvalue weighted by molar-refractivity contribution is -0.120. The minimum absolute atomic E-state index is 0.388. The molecule has 0 heterocycles. The van der Waals surface area contributed by atoms with Crippen molar-refractivity contribution in [3.63, 3.8) is 0 Å². The fraction of sp³-hybridized carbons (Fsp3) is 0.917. The maximum atomic E-state index is 12.2. The Morgan fingerprint density at radius 2 is 1.19 bits per heavy atom. The third kappa shape index (κ3) is 8.35. The van der Waals surface area contributed by atoms with Crippen LogP contribution in [0.2, 0.25) is 0 Å². The Hall–Kier alpha value is -0.660. The van der Waals surface area contributed by atoms with Crippen molar-refractivity contribution in [1.29, 1.82) is 0 Å². The molecule has 0 N–H and O–H groups in total. The molecule has 2 saturated carbocycles. The van der Waals surface area contributed by atoms with E-state index in [9.17, 15) is 9.59 Å². The number of Topliss-reactive ketones (excluding diaryl/α,β-unsaturated/α-hetero) is 2. The van der Waals surface area contributed by atoms with Crippen LogP contribution in [0.15, 0.2) is 0 Å². The molecule has 2 fully saturated rings. The summed E-state index contributed by atoms with van der Waals surface area (Å²) in [5.41, 5.74) is 0. The molecule has 2 heteroatoms. The van der Waals surface area contributed by atoms with Crippen LogP contribution in [0.4, 0.5) is 0 Å². The second-order valence-corrected chi connectivity index (χ2v) is 9.11. The lowest BCUT2D eigenvalue weighted by Gasteiger charge is -2.31. The number of ketones is 2. The molecule has 2 unspecified atom stereocenters. The normalized spacial score (nSPS) is 24.5. The van der Waals surface area contributed by atoms with E-state index in [1.165, 1.54) is 70.6 Å². The topological polar surface area (TPSA) is 34.1 Å². The first-order chi connectivity index (χ1) is 12.7. The number of carbonyl (C=O) groups is 2. The minimum atomic E-state index is 0.388. The van der Waals surface area contributed by atoms with Crippen LogP contribution in [-0.4, -0.2) is 11.6 Å². The SMILES string of the molecule is CCCC1CCCCC1CCC(=O)CCCC(=O)CCC1CCCCC1. The Balaban J connectivity index is 1.53. The molecule has 2 atom stereocenters. The van der Waals surface area contributed by atoms with E-state index in [1.807, 2.05) is 0 Å². The fourth-order valence-electron chi connectivity index (χ4n) is 5.34. The third-order valence-electron chi connectivity index (χ3n) is 6.99. The first-order valence-electron chi connectivity index (χ1n) is 11.7. The molecule has 0 saturated heterocycles. The molecule has 2 aliphatic rings. The third-order valence-corrected chi connectivity index (χ3v) is 6.99. The van der Waals surface area contributed by atoms with Gasteiger partial charge in [-0.25, -0.2) is 0 Å². The van der Waals surface area contributed by atoms with Gasteiger partial charge in [-0.1, -0.05) is 77.6 Å². The second-order valence-electron chi connectivity index (χ2n) is 9.11. The molecule has 0 aromatic heterocycles. The molecule has 2 rings (SSSR count). The monoisotopic (exact) mass is 362 g/mol. The fourth-order valence-corrected chi connectivity index (χ4v) is 5.34. The number of hydrogen-bond donors (Lipinski definition) is 0. The standard InChI is InChI=1S/C24H42O2/c1-2-9-21-12-6-7-13-22(21)17-19-24(26)15-8-14-23(25)18-16-20-10-4-3-5-11-20/h20-22H,2-19H2,1H3. The average molecular weight is 363 g/mol. The van der Waals surface area contributed by atoms with Crippen molar-refractivity contribution in [2.24, 2.45) is 17.8 Å². The van der Waals surface area contributed by atoms with Gasteiger partial charge in [0.2, 0.25) is 0 Å². The molecular formula is C24H42O2. The van der Waals surface area contributed by atoms with Gasteiger partial charge in [0, 0.05) is 25.7 Å². The van der Waals surface area contributed by atoms with Crippen LogP contribution < -0.4 is 0 Å². The Bertz CT molecular complexity index is 406. The van der Waals surface area contributed by atoms with Gasteiger partial charge in [0.1, 0.15) is 11.6 Å². The van der Waals surface area contributed by atoms with E-state index in [4.69, 9.17) is 0 Å². The van der Waals surface area contributed by atoms with Gasteiger partial charge in [-0.05, 0) is 37.0 Å². The summed E-state index contributed by atoms with van der Waals surface area (Å²) in [6, 6.07) is 0. The molecule has 0 radical (unpaired) electrons. The highest BCUT2D eigenvalue weighted by molar-refractivity contribution is 5.81. The smallest absolute Gasteiger partial charge is 0.132 e. The average Bonchev–Trinajstić information content (AvgIpc) is 2.67. The zero-order valence-corrected chi connectivity index (χ0v) is 17.3. The predicted molar refractivity (Wildman–Crippen MR) is 109 cm³/mol. The van der Waals surface area contributed by atoms with Gasteiger partial charge in [-0.2, -0.15) is 0 Å². The molecule has 0 amide bonds. The van der Waals surface area contributed by atoms with Gasteiger partial charge in [0.15, 0.2) is 0 Å². The number of rotatable bonds is 12. The molecule has 26 heavy (non-hydrogen) atoms. The Morgan fingerprint density at radius 3 is 1.81 bits per heavy atom. The molecule has 2 nitrogen and oxygen atoms in total. The van der Waals surface area contributed by atoms with Crippen molar-refractivity contribution in [3.05, 3.63) is 0 Å². The van der Waals surface area contributed by atoms with Gasteiger partial charge < -0.3 is 0 Å². The van der Waals surface area contributed by atoms with Crippen LogP contribution in [0.25, 0.3) is 0 Å².